The van der Waals surface area contributed by atoms with Gasteiger partial charge in [-0.3, -0.25) is 5.43 Å². The van der Waals surface area contributed by atoms with Gasteiger partial charge in [-0.2, -0.15) is 5.10 Å². The van der Waals surface area contributed by atoms with Gasteiger partial charge in [0.25, 0.3) is 0 Å². The highest BCUT2D eigenvalue weighted by molar-refractivity contribution is 7.80. The Morgan fingerprint density at radius 2 is 1.81 bits per heavy atom. The van der Waals surface area contributed by atoms with Crippen LogP contribution in [0.25, 0.3) is 0 Å². The van der Waals surface area contributed by atoms with E-state index in [0.29, 0.717) is 24.2 Å². The molecule has 2 N–H and O–H groups in total. The van der Waals surface area contributed by atoms with E-state index in [9.17, 15) is 0 Å². The average Bonchev–Trinajstić information content (AvgIpc) is 2.66. The number of rotatable bonds is 8. The molecule has 144 valence electrons. The lowest BCUT2D eigenvalue weighted by Crippen LogP contribution is -2.28. The molecule has 0 aromatic heterocycles. The van der Waals surface area contributed by atoms with Gasteiger partial charge in [-0.05, 0) is 72.1 Å². The first-order valence-corrected chi connectivity index (χ1v) is 9.37. The third kappa shape index (κ3) is 6.90. The third-order valence-electron chi connectivity index (χ3n) is 3.89. The van der Waals surface area contributed by atoms with Crippen molar-refractivity contribution in [2.45, 2.75) is 26.7 Å². The SMILES string of the molecule is CNC(=S)N/N=C/c1ccc(OCCOc2cc(C)ccc2C(C)C)cc1. The second-order valence-corrected chi connectivity index (χ2v) is 6.82. The first-order chi connectivity index (χ1) is 13.0. The number of benzene rings is 2. The van der Waals surface area contributed by atoms with Crippen LogP contribution >= 0.6 is 12.2 Å². The van der Waals surface area contributed by atoms with Crippen LogP contribution in [-0.2, 0) is 0 Å². The van der Waals surface area contributed by atoms with E-state index in [2.05, 4.69) is 54.8 Å². The molecular weight excluding hydrogens is 358 g/mol. The lowest BCUT2D eigenvalue weighted by Gasteiger charge is -2.15. The van der Waals surface area contributed by atoms with Crippen molar-refractivity contribution < 1.29 is 9.47 Å². The smallest absolute Gasteiger partial charge is 0.186 e. The molecule has 2 rings (SSSR count). The van der Waals surface area contributed by atoms with Crippen LogP contribution in [0.5, 0.6) is 11.5 Å². The number of aryl methyl sites for hydroxylation is 1. The van der Waals surface area contributed by atoms with Gasteiger partial charge >= 0.3 is 0 Å². The number of thiocarbonyl (C=S) groups is 1. The maximum atomic E-state index is 5.94. The van der Waals surface area contributed by atoms with E-state index in [4.69, 9.17) is 21.7 Å². The molecule has 0 aliphatic heterocycles. The molecule has 5 nitrogen and oxygen atoms in total. The van der Waals surface area contributed by atoms with E-state index >= 15 is 0 Å². The zero-order valence-corrected chi connectivity index (χ0v) is 17.1. The second kappa shape index (κ2) is 10.5. The zero-order valence-electron chi connectivity index (χ0n) is 16.3. The molecular formula is C21H27N3O2S. The number of ether oxygens (including phenoxy) is 2. The topological polar surface area (TPSA) is 54.9 Å². The maximum absolute atomic E-state index is 5.94. The number of hydrazone groups is 1. The summed E-state index contributed by atoms with van der Waals surface area (Å²) in [6.45, 7) is 7.39. The second-order valence-electron chi connectivity index (χ2n) is 6.41. The van der Waals surface area contributed by atoms with Crippen molar-refractivity contribution in [3.8, 4) is 11.5 Å². The van der Waals surface area contributed by atoms with Crippen LogP contribution in [0, 0.1) is 6.92 Å². The minimum atomic E-state index is 0.424. The minimum Gasteiger partial charge on any atom is -0.490 e. The van der Waals surface area contributed by atoms with E-state index in [1.807, 2.05) is 24.3 Å². The summed E-state index contributed by atoms with van der Waals surface area (Å²) in [7, 11) is 1.74. The Labute approximate surface area is 166 Å². The Hall–Kier alpha value is -2.60. The Bertz CT molecular complexity index is 773. The van der Waals surface area contributed by atoms with Crippen molar-refractivity contribution in [2.24, 2.45) is 5.10 Å². The summed E-state index contributed by atoms with van der Waals surface area (Å²) < 4.78 is 11.7. The highest BCUT2D eigenvalue weighted by atomic mass is 32.1. The standard InChI is InChI=1S/C21H27N3O2S/c1-15(2)19-10-5-16(3)13-20(19)26-12-11-25-18-8-6-17(7-9-18)14-23-24-21(27)22-4/h5-10,13-15H,11-12H2,1-4H3,(H2,22,24,27)/b23-14+. The molecule has 6 heteroatoms. The molecule has 0 saturated carbocycles. The Morgan fingerprint density at radius 1 is 1.11 bits per heavy atom. The summed E-state index contributed by atoms with van der Waals surface area (Å²) >= 11 is 4.95. The molecule has 2 aromatic rings. The molecule has 0 atom stereocenters. The van der Waals surface area contributed by atoms with Gasteiger partial charge in [0.2, 0.25) is 0 Å². The van der Waals surface area contributed by atoms with Crippen LogP contribution in [-0.4, -0.2) is 31.6 Å². The van der Waals surface area contributed by atoms with Crippen molar-refractivity contribution in [2.75, 3.05) is 20.3 Å². The average molecular weight is 386 g/mol. The predicted octanol–water partition coefficient (Wildman–Crippen LogP) is 4.00. The van der Waals surface area contributed by atoms with Crippen LogP contribution in [0.2, 0.25) is 0 Å². The molecule has 27 heavy (non-hydrogen) atoms. The molecule has 0 spiro atoms. The summed E-state index contributed by atoms with van der Waals surface area (Å²) in [4.78, 5) is 0. The molecule has 0 amide bonds. The molecule has 0 aliphatic carbocycles. The van der Waals surface area contributed by atoms with Crippen molar-refractivity contribution in [1.82, 2.24) is 10.7 Å². The molecule has 0 heterocycles. The monoisotopic (exact) mass is 385 g/mol. The van der Waals surface area contributed by atoms with E-state index in [1.165, 1.54) is 11.1 Å². The van der Waals surface area contributed by atoms with E-state index in [1.54, 1.807) is 13.3 Å². The Balaban J connectivity index is 1.81. The largest absolute Gasteiger partial charge is 0.490 e. The maximum Gasteiger partial charge on any atom is 0.186 e. The number of nitrogens with one attached hydrogen (secondary N) is 2. The molecule has 0 saturated heterocycles. The van der Waals surface area contributed by atoms with Gasteiger partial charge in [-0.15, -0.1) is 0 Å². The minimum absolute atomic E-state index is 0.424. The van der Waals surface area contributed by atoms with Crippen molar-refractivity contribution in [3.05, 3.63) is 59.2 Å². The van der Waals surface area contributed by atoms with E-state index < -0.39 is 0 Å². The Morgan fingerprint density at radius 3 is 2.48 bits per heavy atom. The number of hydrogen-bond acceptors (Lipinski definition) is 4. The van der Waals surface area contributed by atoms with Crippen LogP contribution in [0.3, 0.4) is 0 Å². The van der Waals surface area contributed by atoms with E-state index in [-0.39, 0.29) is 0 Å². The van der Waals surface area contributed by atoms with Crippen molar-refractivity contribution >= 4 is 23.5 Å². The highest BCUT2D eigenvalue weighted by Crippen LogP contribution is 2.27. The number of hydrogen-bond donors (Lipinski definition) is 2. The fourth-order valence-corrected chi connectivity index (χ4v) is 2.48. The van der Waals surface area contributed by atoms with Crippen LogP contribution < -0.4 is 20.2 Å². The van der Waals surface area contributed by atoms with Gasteiger partial charge in [0, 0.05) is 7.05 Å². The summed E-state index contributed by atoms with van der Waals surface area (Å²) in [6.07, 6.45) is 1.70. The van der Waals surface area contributed by atoms with Gasteiger partial charge < -0.3 is 14.8 Å². The lowest BCUT2D eigenvalue weighted by atomic mass is 10.0. The third-order valence-corrected chi connectivity index (χ3v) is 4.18. The highest BCUT2D eigenvalue weighted by Gasteiger charge is 2.08. The van der Waals surface area contributed by atoms with Crippen LogP contribution in [0.4, 0.5) is 0 Å². The van der Waals surface area contributed by atoms with Gasteiger partial charge in [0.05, 0.1) is 6.21 Å². The first-order valence-electron chi connectivity index (χ1n) is 8.96. The molecule has 0 bridgehead atoms. The van der Waals surface area contributed by atoms with Crippen molar-refractivity contribution in [3.63, 3.8) is 0 Å². The van der Waals surface area contributed by atoms with Gasteiger partial charge in [0.1, 0.15) is 24.7 Å². The fourth-order valence-electron chi connectivity index (χ4n) is 2.43. The van der Waals surface area contributed by atoms with Crippen LogP contribution in [0.1, 0.15) is 36.5 Å². The molecule has 0 radical (unpaired) electrons. The normalized spacial score (nSPS) is 10.9. The molecule has 0 aliphatic rings. The lowest BCUT2D eigenvalue weighted by molar-refractivity contribution is 0.215. The number of nitrogens with zero attached hydrogens (tertiary/aromatic N) is 1. The van der Waals surface area contributed by atoms with Crippen LogP contribution in [0.15, 0.2) is 47.6 Å². The van der Waals surface area contributed by atoms with Gasteiger partial charge in [-0.25, -0.2) is 0 Å². The Kier molecular flexibility index (Phi) is 8.07. The summed E-state index contributed by atoms with van der Waals surface area (Å²) in [5.41, 5.74) is 6.07. The van der Waals surface area contributed by atoms with Gasteiger partial charge in [-0.1, -0.05) is 26.0 Å². The predicted molar refractivity (Wildman–Crippen MR) is 115 cm³/mol. The van der Waals surface area contributed by atoms with Gasteiger partial charge in [0.15, 0.2) is 5.11 Å². The summed E-state index contributed by atoms with van der Waals surface area (Å²) in [5.74, 6) is 2.16. The summed E-state index contributed by atoms with van der Waals surface area (Å²) in [6, 6.07) is 14.0. The quantitative estimate of drug-likeness (QED) is 0.311. The molecule has 0 unspecified atom stereocenters. The van der Waals surface area contributed by atoms with Crippen molar-refractivity contribution in [1.29, 1.82) is 0 Å². The zero-order chi connectivity index (χ0) is 19.6. The molecule has 2 aromatic carbocycles. The fraction of sp³-hybridized carbons (Fsp3) is 0.333. The van der Waals surface area contributed by atoms with E-state index in [0.717, 1.165) is 17.1 Å². The summed E-state index contributed by atoms with van der Waals surface area (Å²) in [5, 5.41) is 7.30. The first kappa shape index (κ1) is 20.7. The molecule has 0 fully saturated rings.